The Kier molecular flexibility index (Phi) is 4.21. The first-order valence-electron chi connectivity index (χ1n) is 8.54. The molecule has 1 aliphatic rings. The van der Waals surface area contributed by atoms with E-state index in [-0.39, 0.29) is 17.6 Å². The standard InChI is InChI=1S/C21H18ClN3O/c1-12-20-18(25-21(23)24-12)10-13(11-19(20)26)14-6-2-3-7-15(14)16-8-4-5-9-17(16)22/h2-9,13H,10-11H2,1H3,(H2,23,24,25). The zero-order valence-electron chi connectivity index (χ0n) is 14.4. The van der Waals surface area contributed by atoms with Gasteiger partial charge in [-0.2, -0.15) is 0 Å². The largest absolute Gasteiger partial charge is 0.368 e. The molecule has 1 heterocycles. The molecule has 0 spiro atoms. The maximum Gasteiger partial charge on any atom is 0.220 e. The van der Waals surface area contributed by atoms with E-state index in [2.05, 4.69) is 22.1 Å². The molecule has 0 bridgehead atoms. The van der Waals surface area contributed by atoms with Gasteiger partial charge in [0.15, 0.2) is 5.78 Å². The summed E-state index contributed by atoms with van der Waals surface area (Å²) in [6, 6.07) is 15.9. The Labute approximate surface area is 157 Å². The van der Waals surface area contributed by atoms with Gasteiger partial charge in [0.25, 0.3) is 0 Å². The molecule has 0 radical (unpaired) electrons. The number of nitrogens with two attached hydrogens (primary N) is 1. The first kappa shape index (κ1) is 16.7. The van der Waals surface area contributed by atoms with E-state index >= 15 is 0 Å². The molecule has 3 aromatic rings. The highest BCUT2D eigenvalue weighted by molar-refractivity contribution is 6.33. The van der Waals surface area contributed by atoms with Crippen LogP contribution in [0.3, 0.4) is 0 Å². The van der Waals surface area contributed by atoms with E-state index in [0.717, 1.165) is 22.4 Å². The summed E-state index contributed by atoms with van der Waals surface area (Å²) < 4.78 is 0. The number of nitrogen functional groups attached to an aromatic ring is 1. The summed E-state index contributed by atoms with van der Waals surface area (Å²) in [4.78, 5) is 21.2. The summed E-state index contributed by atoms with van der Waals surface area (Å²) >= 11 is 6.42. The fraction of sp³-hybridized carbons (Fsp3) is 0.190. The molecule has 0 amide bonds. The number of rotatable bonds is 2. The van der Waals surface area contributed by atoms with Crippen molar-refractivity contribution >= 4 is 23.3 Å². The molecular weight excluding hydrogens is 346 g/mol. The van der Waals surface area contributed by atoms with Crippen molar-refractivity contribution in [2.75, 3.05) is 5.73 Å². The van der Waals surface area contributed by atoms with Crippen LogP contribution < -0.4 is 5.73 Å². The molecule has 4 nitrogen and oxygen atoms in total. The molecule has 0 saturated heterocycles. The molecule has 1 atom stereocenters. The average molecular weight is 364 g/mol. The zero-order valence-corrected chi connectivity index (χ0v) is 15.1. The summed E-state index contributed by atoms with van der Waals surface area (Å²) in [7, 11) is 0. The van der Waals surface area contributed by atoms with Crippen LogP contribution in [0.15, 0.2) is 48.5 Å². The second kappa shape index (κ2) is 6.54. The summed E-state index contributed by atoms with van der Waals surface area (Å²) in [6.07, 6.45) is 1.10. The van der Waals surface area contributed by atoms with Crippen LogP contribution in [0.4, 0.5) is 5.95 Å². The van der Waals surface area contributed by atoms with Crippen LogP contribution in [0.25, 0.3) is 11.1 Å². The number of Topliss-reactive ketones (excluding diaryl/α,β-unsaturated/α-hetero) is 1. The lowest BCUT2D eigenvalue weighted by Crippen LogP contribution is -2.23. The van der Waals surface area contributed by atoms with Gasteiger partial charge >= 0.3 is 0 Å². The summed E-state index contributed by atoms with van der Waals surface area (Å²) in [6.45, 7) is 1.81. The highest BCUT2D eigenvalue weighted by Gasteiger charge is 2.31. The number of aryl methyl sites for hydroxylation is 1. The smallest absolute Gasteiger partial charge is 0.220 e. The van der Waals surface area contributed by atoms with Gasteiger partial charge in [0.1, 0.15) is 0 Å². The fourth-order valence-electron chi connectivity index (χ4n) is 3.80. The molecule has 0 fully saturated rings. The van der Waals surface area contributed by atoms with Crippen molar-refractivity contribution in [3.8, 4) is 11.1 Å². The summed E-state index contributed by atoms with van der Waals surface area (Å²) in [5, 5.41) is 0.699. The number of nitrogens with zero attached hydrogens (tertiary/aromatic N) is 2. The van der Waals surface area contributed by atoms with Gasteiger partial charge in [-0.15, -0.1) is 0 Å². The molecular formula is C21H18ClN3O. The van der Waals surface area contributed by atoms with E-state index in [9.17, 15) is 4.79 Å². The van der Waals surface area contributed by atoms with Crippen molar-refractivity contribution in [1.29, 1.82) is 0 Å². The molecule has 1 aromatic heterocycles. The molecule has 5 heteroatoms. The molecule has 1 unspecified atom stereocenters. The predicted octanol–water partition coefficient (Wildman–Crippen LogP) is 4.60. The van der Waals surface area contributed by atoms with Crippen LogP contribution in [-0.2, 0) is 6.42 Å². The van der Waals surface area contributed by atoms with Crippen molar-refractivity contribution in [3.05, 3.63) is 76.1 Å². The Hall–Kier alpha value is -2.72. The van der Waals surface area contributed by atoms with Crippen LogP contribution >= 0.6 is 11.6 Å². The Morgan fingerprint density at radius 1 is 1.00 bits per heavy atom. The van der Waals surface area contributed by atoms with Crippen molar-refractivity contribution in [3.63, 3.8) is 0 Å². The summed E-state index contributed by atoms with van der Waals surface area (Å²) in [5.41, 5.74) is 11.0. The molecule has 130 valence electrons. The fourth-order valence-corrected chi connectivity index (χ4v) is 4.03. The van der Waals surface area contributed by atoms with E-state index in [1.165, 1.54) is 0 Å². The minimum absolute atomic E-state index is 0.0381. The number of ketones is 1. The average Bonchev–Trinajstić information content (AvgIpc) is 2.61. The highest BCUT2D eigenvalue weighted by atomic mass is 35.5. The van der Waals surface area contributed by atoms with Crippen LogP contribution in [0.2, 0.25) is 5.02 Å². The predicted molar refractivity (Wildman–Crippen MR) is 103 cm³/mol. The van der Waals surface area contributed by atoms with Gasteiger partial charge in [-0.1, -0.05) is 54.1 Å². The third-order valence-corrected chi connectivity index (χ3v) is 5.23. The van der Waals surface area contributed by atoms with Crippen LogP contribution in [0, 0.1) is 6.92 Å². The Morgan fingerprint density at radius 2 is 1.69 bits per heavy atom. The summed E-state index contributed by atoms with van der Waals surface area (Å²) in [5.74, 6) is 0.327. The third kappa shape index (κ3) is 2.86. The van der Waals surface area contributed by atoms with E-state index in [1.54, 1.807) is 0 Å². The van der Waals surface area contributed by atoms with Crippen molar-refractivity contribution in [2.45, 2.75) is 25.7 Å². The normalized spacial score (nSPS) is 16.4. The van der Waals surface area contributed by atoms with Gasteiger partial charge in [-0.05, 0) is 36.5 Å². The monoisotopic (exact) mass is 363 g/mol. The van der Waals surface area contributed by atoms with Gasteiger partial charge in [0, 0.05) is 17.0 Å². The Bertz CT molecular complexity index is 1020. The van der Waals surface area contributed by atoms with Gasteiger partial charge < -0.3 is 5.73 Å². The number of hydrogen-bond donors (Lipinski definition) is 1. The van der Waals surface area contributed by atoms with E-state index in [1.807, 2.05) is 43.3 Å². The van der Waals surface area contributed by atoms with Gasteiger partial charge in [-0.3, -0.25) is 4.79 Å². The molecule has 0 saturated carbocycles. The maximum absolute atomic E-state index is 12.8. The number of carbonyl (C=O) groups excluding carboxylic acids is 1. The molecule has 1 aliphatic carbocycles. The van der Waals surface area contributed by atoms with E-state index in [0.29, 0.717) is 29.1 Å². The first-order chi connectivity index (χ1) is 12.5. The third-order valence-electron chi connectivity index (χ3n) is 4.90. The van der Waals surface area contributed by atoms with E-state index < -0.39 is 0 Å². The number of hydrogen-bond acceptors (Lipinski definition) is 4. The van der Waals surface area contributed by atoms with Crippen LogP contribution in [0.5, 0.6) is 0 Å². The SMILES string of the molecule is Cc1nc(N)nc2c1C(=O)CC(c1ccccc1-c1ccccc1Cl)C2. The van der Waals surface area contributed by atoms with Crippen molar-refractivity contribution in [1.82, 2.24) is 9.97 Å². The lowest BCUT2D eigenvalue weighted by atomic mass is 9.78. The van der Waals surface area contributed by atoms with Gasteiger partial charge in [0.05, 0.1) is 17.0 Å². The zero-order chi connectivity index (χ0) is 18.3. The second-order valence-corrected chi connectivity index (χ2v) is 6.99. The number of carbonyl (C=O) groups is 1. The lowest BCUT2D eigenvalue weighted by Gasteiger charge is -2.26. The number of benzene rings is 2. The Morgan fingerprint density at radius 3 is 2.46 bits per heavy atom. The van der Waals surface area contributed by atoms with Crippen LogP contribution in [-0.4, -0.2) is 15.8 Å². The van der Waals surface area contributed by atoms with E-state index in [4.69, 9.17) is 17.3 Å². The number of fused-ring (bicyclic) bond motifs is 1. The highest BCUT2D eigenvalue weighted by Crippen LogP contribution is 2.39. The molecule has 26 heavy (non-hydrogen) atoms. The molecule has 2 N–H and O–H groups in total. The lowest BCUT2D eigenvalue weighted by molar-refractivity contribution is 0.0962. The number of aromatic nitrogens is 2. The number of halogens is 1. The van der Waals surface area contributed by atoms with Crippen LogP contribution in [0.1, 0.15) is 39.6 Å². The first-order valence-corrected chi connectivity index (χ1v) is 8.92. The number of anilines is 1. The minimum Gasteiger partial charge on any atom is -0.368 e. The molecule has 4 rings (SSSR count). The minimum atomic E-state index is 0.0381. The van der Waals surface area contributed by atoms with Crippen molar-refractivity contribution < 1.29 is 4.79 Å². The quantitative estimate of drug-likeness (QED) is 0.722. The topological polar surface area (TPSA) is 68.9 Å². The molecule has 2 aromatic carbocycles. The van der Waals surface area contributed by atoms with Gasteiger partial charge in [0.2, 0.25) is 5.95 Å². The second-order valence-electron chi connectivity index (χ2n) is 6.58. The maximum atomic E-state index is 12.8. The Balaban J connectivity index is 1.81. The molecule has 0 aliphatic heterocycles. The van der Waals surface area contributed by atoms with Crippen molar-refractivity contribution in [2.24, 2.45) is 0 Å². The van der Waals surface area contributed by atoms with Gasteiger partial charge in [-0.25, -0.2) is 9.97 Å².